The number of nitrogens with two attached hydrogens (primary N) is 2. The van der Waals surface area contributed by atoms with Crippen LogP contribution in [0.2, 0.25) is 0 Å². The molecule has 0 radical (unpaired) electrons. The Labute approximate surface area is 592 Å². The Hall–Kier alpha value is -7.11. The number of nitrogens with one attached hydrogen (secondary N) is 13. The molecular weight excluding hydrogens is 1390 g/mol. The number of aromatic nitrogens is 2. The summed E-state index contributed by atoms with van der Waals surface area (Å²) < 4.78 is 0. The number of aliphatic hydroxyl groups is 2. The number of aliphatic hydroxyl groups excluding tert-OH is 2. The fourth-order valence-electron chi connectivity index (χ4n) is 10.8. The summed E-state index contributed by atoms with van der Waals surface area (Å²) in [4.78, 5) is 222. The van der Waals surface area contributed by atoms with Crippen molar-refractivity contribution in [2.75, 3.05) is 67.9 Å². The molecule has 1 aromatic heterocycles. The number of imidazole rings is 1. The standard InChI is InChI=1S/C59H94N18O17S5/c1-8-29(4)45-57(92)71-37(46(61)81)23-96-98-25-39-52(87)70-36(22-79)50(85)68-34(18-32-20-62-27-63-32)59(94)77-16-10-14-42(77)54(89)74-44(28(2)3)56(91)73-40(26-99-97-24-38(51(86)72-39)66-43(80)19-60)53(88)69-35(21-78)49(84)64-30(5)47(82)67-33(12-11-17-95-7)48(83)65-31(6)58(93)76-15-9-13-41(76)55(90)75-45/h20,27-31,33-42,44-45,78-79H,8-19,21-26,60H2,1-7H3,(H2,61,81)(H,62,63)(H,64,84)(H,65,83)(H,66,80)(H,67,82)(H,68,85)(H,69,88)(H,70,87)(H,71,92)(H,72,86)(H,73,91)(H,74,89)(H,75,90)/t29-,30-,31-,33-,34-,35-,36-,37-,38-,39-,40-,41-,42-,44-,45-/m0/s1. The number of rotatable bonds is 14. The molecule has 0 spiro atoms. The zero-order chi connectivity index (χ0) is 73.2. The summed E-state index contributed by atoms with van der Waals surface area (Å²) in [6, 6.07) is -20.5. The zero-order valence-corrected chi connectivity index (χ0v) is 60.3. The van der Waals surface area contributed by atoms with Gasteiger partial charge in [0, 0.05) is 54.4 Å². The number of amides is 15. The van der Waals surface area contributed by atoms with Crippen molar-refractivity contribution in [3.05, 3.63) is 18.2 Å². The van der Waals surface area contributed by atoms with Crippen LogP contribution >= 0.6 is 54.9 Å². The van der Waals surface area contributed by atoms with Crippen LogP contribution < -0.4 is 75.3 Å². The van der Waals surface area contributed by atoms with E-state index in [0.29, 0.717) is 30.7 Å². The van der Waals surface area contributed by atoms with Gasteiger partial charge in [0.05, 0.1) is 26.1 Å². The van der Waals surface area contributed by atoms with Crippen LogP contribution in [0.15, 0.2) is 12.5 Å². The first kappa shape index (κ1) is 82.6. The second-order valence-electron chi connectivity index (χ2n) is 24.5. The molecule has 0 saturated carbocycles. The minimum atomic E-state index is -1.82. The van der Waals surface area contributed by atoms with E-state index in [9.17, 15) is 82.1 Å². The number of thioether (sulfide) groups is 1. The van der Waals surface area contributed by atoms with Gasteiger partial charge in [-0.3, -0.25) is 71.9 Å². The third-order valence-corrected chi connectivity index (χ3v) is 22.3. The lowest BCUT2D eigenvalue weighted by molar-refractivity contribution is -0.143. The topological polar surface area (TPSA) is 528 Å². The van der Waals surface area contributed by atoms with Gasteiger partial charge in [0.25, 0.3) is 0 Å². The molecule has 2 bridgehead atoms. The number of H-pyrrole nitrogens is 1. The van der Waals surface area contributed by atoms with Crippen LogP contribution in [-0.2, 0) is 78.3 Å². The number of fused-ring (bicyclic) bond motifs is 10. The second-order valence-corrected chi connectivity index (χ2v) is 30.6. The molecule has 0 aromatic carbocycles. The van der Waals surface area contributed by atoms with E-state index < -0.39 is 216 Å². The van der Waals surface area contributed by atoms with Crippen LogP contribution in [0.3, 0.4) is 0 Å². The van der Waals surface area contributed by atoms with Gasteiger partial charge in [-0.15, -0.1) is 0 Å². The van der Waals surface area contributed by atoms with E-state index in [1.807, 2.05) is 6.26 Å². The fraction of sp³-hybridized carbons (Fsp3) is 0.695. The summed E-state index contributed by atoms with van der Waals surface area (Å²) in [6.07, 6.45) is 5.99. The van der Waals surface area contributed by atoms with E-state index >= 15 is 0 Å². The molecule has 552 valence electrons. The van der Waals surface area contributed by atoms with E-state index in [2.05, 4.69) is 73.8 Å². The Morgan fingerprint density at radius 3 is 1.65 bits per heavy atom. The van der Waals surface area contributed by atoms with Crippen molar-refractivity contribution >= 4 is 144 Å². The zero-order valence-electron chi connectivity index (χ0n) is 56.2. The van der Waals surface area contributed by atoms with E-state index in [4.69, 9.17) is 11.5 Å². The summed E-state index contributed by atoms with van der Waals surface area (Å²) in [5.41, 5.74) is 11.8. The molecule has 5 rings (SSSR count). The Morgan fingerprint density at radius 2 is 1.11 bits per heavy atom. The maximum Gasteiger partial charge on any atom is 0.246 e. The maximum absolute atomic E-state index is 14.7. The van der Waals surface area contributed by atoms with Crippen molar-refractivity contribution in [3.63, 3.8) is 0 Å². The second kappa shape index (κ2) is 41.0. The first-order valence-electron chi connectivity index (χ1n) is 32.5. The molecular formula is C59H94N18O17S5. The van der Waals surface area contributed by atoms with Crippen molar-refractivity contribution in [2.24, 2.45) is 23.3 Å². The molecule has 1 aromatic rings. The highest BCUT2D eigenvalue weighted by atomic mass is 33.1. The quantitative estimate of drug-likeness (QED) is 0.0609. The van der Waals surface area contributed by atoms with Crippen LogP contribution in [0.25, 0.3) is 0 Å². The van der Waals surface area contributed by atoms with Crippen LogP contribution in [0.1, 0.15) is 92.2 Å². The van der Waals surface area contributed by atoms with Crippen LogP contribution in [0, 0.1) is 11.8 Å². The van der Waals surface area contributed by atoms with Crippen LogP contribution in [0.5, 0.6) is 0 Å². The first-order valence-corrected chi connectivity index (χ1v) is 38.8. The average molecular weight is 1490 g/mol. The van der Waals surface area contributed by atoms with Crippen LogP contribution in [0.4, 0.5) is 0 Å². The van der Waals surface area contributed by atoms with Crippen molar-refractivity contribution in [2.45, 2.75) is 177 Å². The Balaban J connectivity index is 1.61. The first-order chi connectivity index (χ1) is 47.1. The molecule has 35 nitrogen and oxygen atoms in total. The van der Waals surface area contributed by atoms with Crippen molar-refractivity contribution < 1.29 is 82.1 Å². The molecule has 4 aliphatic rings. The molecule has 4 aliphatic heterocycles. The normalized spacial score (nSPS) is 29.4. The largest absolute Gasteiger partial charge is 0.394 e. The van der Waals surface area contributed by atoms with Gasteiger partial charge in [0.1, 0.15) is 84.6 Å². The van der Waals surface area contributed by atoms with E-state index in [0.717, 1.165) is 43.2 Å². The summed E-state index contributed by atoms with van der Waals surface area (Å²) >= 11 is 1.47. The van der Waals surface area contributed by atoms with Gasteiger partial charge in [-0.05, 0) is 76.2 Å². The number of nitrogens with zero attached hydrogens (tertiary/aromatic N) is 3. The molecule has 0 unspecified atom stereocenters. The lowest BCUT2D eigenvalue weighted by Gasteiger charge is -2.31. The van der Waals surface area contributed by atoms with Gasteiger partial charge in [0.2, 0.25) is 88.6 Å². The third-order valence-electron chi connectivity index (χ3n) is 16.8. The van der Waals surface area contributed by atoms with E-state index in [-0.39, 0.29) is 56.7 Å². The monoisotopic (exact) mass is 1490 g/mol. The predicted octanol–water partition coefficient (Wildman–Crippen LogP) is -6.14. The van der Waals surface area contributed by atoms with Gasteiger partial charge in [-0.25, -0.2) is 4.98 Å². The maximum atomic E-state index is 14.7. The van der Waals surface area contributed by atoms with Crippen molar-refractivity contribution in [3.8, 4) is 0 Å². The lowest BCUT2D eigenvalue weighted by Crippen LogP contribution is -2.62. The summed E-state index contributed by atoms with van der Waals surface area (Å²) in [6.45, 7) is 6.59. The SMILES string of the molecule is CC[C@H](C)[C@@H]1NC(=O)[C@@H]2CCCN2C(=O)[C@H](C)NC(=O)[C@H](CCCSC)NC(=O)[C@H](C)NC(=O)[C@H](CO)NC(=O)[C@@H]2CSSC[C@H](NC(=O)CN)C(=O)N[C@@H](CSSC[C@@H](C(N)=O)NC1=O)C(=O)N[C@@H](CO)C(=O)N[C@@H](Cc1cnc[nH]1)C(=O)N1CCC[C@H]1C(=O)N[C@@H](C(C)C)C(=O)N2. The molecule has 5 heterocycles. The smallest absolute Gasteiger partial charge is 0.246 e. The number of aromatic amines is 1. The molecule has 15 atom stereocenters. The molecule has 40 heteroatoms. The van der Waals surface area contributed by atoms with Gasteiger partial charge < -0.3 is 100 Å². The number of carbonyl (C=O) groups is 15. The number of hydrogen-bond acceptors (Lipinski definition) is 24. The fourth-order valence-corrected chi connectivity index (χ4v) is 15.9. The summed E-state index contributed by atoms with van der Waals surface area (Å²) in [5, 5.41) is 52.0. The molecule has 4 fully saturated rings. The Kier molecular flexibility index (Phi) is 34.2. The van der Waals surface area contributed by atoms with Gasteiger partial charge in [-0.1, -0.05) is 77.3 Å². The molecule has 15 amide bonds. The summed E-state index contributed by atoms with van der Waals surface area (Å²) in [5.74, 6) is -15.8. The molecule has 0 aliphatic carbocycles. The van der Waals surface area contributed by atoms with Gasteiger partial charge >= 0.3 is 0 Å². The van der Waals surface area contributed by atoms with Gasteiger partial charge in [0.15, 0.2) is 0 Å². The minimum absolute atomic E-state index is 0.00379. The molecule has 19 N–H and O–H groups in total. The van der Waals surface area contributed by atoms with Crippen molar-refractivity contribution in [1.82, 2.24) is 83.6 Å². The third kappa shape index (κ3) is 24.6. The van der Waals surface area contributed by atoms with E-state index in [1.165, 1.54) is 47.9 Å². The number of primary amides is 1. The average Bonchev–Trinajstić information content (AvgIpc) is 1.78. The number of hydrogen-bond donors (Lipinski definition) is 17. The Morgan fingerprint density at radius 1 is 0.606 bits per heavy atom. The highest BCUT2D eigenvalue weighted by Crippen LogP contribution is 2.27. The molecule has 4 saturated heterocycles. The predicted molar refractivity (Wildman–Crippen MR) is 370 cm³/mol. The highest BCUT2D eigenvalue weighted by molar-refractivity contribution is 8.77. The highest BCUT2D eigenvalue weighted by Gasteiger charge is 2.43. The molecule has 99 heavy (non-hydrogen) atoms. The Bertz CT molecular complexity index is 3030. The van der Waals surface area contributed by atoms with Crippen LogP contribution in [-0.4, -0.2) is 271 Å². The van der Waals surface area contributed by atoms with Gasteiger partial charge in [-0.2, -0.15) is 11.8 Å². The number of carbonyl (C=O) groups excluding carboxylic acids is 15. The summed E-state index contributed by atoms with van der Waals surface area (Å²) in [7, 11) is 3.49. The van der Waals surface area contributed by atoms with Crippen molar-refractivity contribution in [1.29, 1.82) is 0 Å². The minimum Gasteiger partial charge on any atom is -0.394 e. The lowest BCUT2D eigenvalue weighted by atomic mass is 9.97. The van der Waals surface area contributed by atoms with E-state index in [1.54, 1.807) is 27.7 Å².